The van der Waals surface area contributed by atoms with E-state index in [0.717, 1.165) is 12.8 Å². The van der Waals surface area contributed by atoms with Crippen molar-refractivity contribution in [2.24, 2.45) is 5.92 Å². The third-order valence-corrected chi connectivity index (χ3v) is 4.60. The zero-order valence-electron chi connectivity index (χ0n) is 11.7. The first-order valence-corrected chi connectivity index (χ1v) is 7.65. The first-order chi connectivity index (χ1) is 10.0. The summed E-state index contributed by atoms with van der Waals surface area (Å²) in [4.78, 5) is 23.6. The molecule has 0 bridgehead atoms. The Morgan fingerprint density at radius 3 is 2.57 bits per heavy atom. The highest BCUT2D eigenvalue weighted by Crippen LogP contribution is 2.26. The number of nitrogens with one attached hydrogen (secondary N) is 1. The molecule has 1 saturated carbocycles. The highest BCUT2D eigenvalue weighted by Gasteiger charge is 2.28. The lowest BCUT2D eigenvalue weighted by atomic mass is 9.86. The zero-order valence-corrected chi connectivity index (χ0v) is 13.3. The van der Waals surface area contributed by atoms with Gasteiger partial charge >= 0.3 is 5.97 Å². The van der Waals surface area contributed by atoms with Gasteiger partial charge in [-0.2, -0.15) is 0 Å². The van der Waals surface area contributed by atoms with Gasteiger partial charge in [-0.05, 0) is 53.7 Å². The van der Waals surface area contributed by atoms with Gasteiger partial charge in [-0.3, -0.25) is 9.59 Å². The van der Waals surface area contributed by atoms with Crippen molar-refractivity contribution in [3.05, 3.63) is 34.1 Å². The molecule has 0 radical (unpaired) electrons. The number of hydrogen-bond acceptors (Lipinski definition) is 3. The van der Waals surface area contributed by atoms with Crippen LogP contribution in [0.5, 0.6) is 0 Å². The van der Waals surface area contributed by atoms with Gasteiger partial charge in [0, 0.05) is 6.04 Å². The molecule has 21 heavy (non-hydrogen) atoms. The van der Waals surface area contributed by atoms with Crippen LogP contribution in [-0.2, 0) is 9.53 Å². The Labute approximate surface area is 131 Å². The highest BCUT2D eigenvalue weighted by molar-refractivity contribution is 9.10. The Morgan fingerprint density at radius 1 is 1.29 bits per heavy atom. The number of benzene rings is 1. The fourth-order valence-electron chi connectivity index (χ4n) is 2.58. The third-order valence-electron chi connectivity index (χ3n) is 3.79. The van der Waals surface area contributed by atoms with E-state index in [0.29, 0.717) is 12.8 Å². The molecule has 1 aliphatic carbocycles. The quantitative estimate of drug-likeness (QED) is 0.845. The van der Waals surface area contributed by atoms with Crippen LogP contribution in [0.1, 0.15) is 36.0 Å². The molecule has 4 nitrogen and oxygen atoms in total. The van der Waals surface area contributed by atoms with Gasteiger partial charge in [-0.1, -0.05) is 6.07 Å². The summed E-state index contributed by atoms with van der Waals surface area (Å²) in [6.45, 7) is 0. The monoisotopic (exact) mass is 357 g/mol. The number of carbonyl (C=O) groups excluding carboxylic acids is 2. The van der Waals surface area contributed by atoms with Gasteiger partial charge in [0.25, 0.3) is 5.91 Å². The van der Waals surface area contributed by atoms with Gasteiger partial charge < -0.3 is 10.1 Å². The van der Waals surface area contributed by atoms with E-state index in [-0.39, 0.29) is 33.9 Å². The SMILES string of the molecule is COC(=O)C1CCC(NC(=O)c2cccc(F)c2Br)CC1. The summed E-state index contributed by atoms with van der Waals surface area (Å²) >= 11 is 3.09. The Kier molecular flexibility index (Phi) is 5.33. The highest BCUT2D eigenvalue weighted by atomic mass is 79.9. The molecule has 1 aromatic rings. The maximum atomic E-state index is 13.4. The minimum atomic E-state index is -0.461. The molecule has 114 valence electrons. The number of halogens is 2. The zero-order chi connectivity index (χ0) is 15.4. The van der Waals surface area contributed by atoms with Crippen LogP contribution in [0.4, 0.5) is 4.39 Å². The molecule has 6 heteroatoms. The number of carbonyl (C=O) groups is 2. The van der Waals surface area contributed by atoms with Gasteiger partial charge in [-0.25, -0.2) is 4.39 Å². The predicted octanol–water partition coefficient (Wildman–Crippen LogP) is 3.05. The average molecular weight is 358 g/mol. The normalized spacial score (nSPS) is 21.7. The summed E-state index contributed by atoms with van der Waals surface area (Å²) in [5, 5.41) is 2.89. The number of methoxy groups -OCH3 is 1. The van der Waals surface area contributed by atoms with Crippen LogP contribution in [0.3, 0.4) is 0 Å². The predicted molar refractivity (Wildman–Crippen MR) is 79.3 cm³/mol. The minimum Gasteiger partial charge on any atom is -0.469 e. The molecule has 1 aromatic carbocycles. The van der Waals surface area contributed by atoms with Crippen LogP contribution >= 0.6 is 15.9 Å². The molecule has 2 rings (SSSR count). The van der Waals surface area contributed by atoms with E-state index in [2.05, 4.69) is 21.2 Å². The lowest BCUT2D eigenvalue weighted by Crippen LogP contribution is -2.39. The Morgan fingerprint density at radius 2 is 1.95 bits per heavy atom. The van der Waals surface area contributed by atoms with Crippen LogP contribution in [0.15, 0.2) is 22.7 Å². The number of hydrogen-bond donors (Lipinski definition) is 1. The molecule has 0 heterocycles. The van der Waals surface area contributed by atoms with Crippen molar-refractivity contribution in [3.8, 4) is 0 Å². The van der Waals surface area contributed by atoms with E-state index in [1.807, 2.05) is 0 Å². The van der Waals surface area contributed by atoms with Crippen molar-refractivity contribution in [1.82, 2.24) is 5.32 Å². The fourth-order valence-corrected chi connectivity index (χ4v) is 3.03. The first-order valence-electron chi connectivity index (χ1n) is 6.85. The molecule has 1 fully saturated rings. The lowest BCUT2D eigenvalue weighted by molar-refractivity contribution is -0.146. The van der Waals surface area contributed by atoms with Crippen molar-refractivity contribution in [3.63, 3.8) is 0 Å². The summed E-state index contributed by atoms with van der Waals surface area (Å²) in [5.41, 5.74) is 0.282. The van der Waals surface area contributed by atoms with Crippen LogP contribution in [0, 0.1) is 11.7 Å². The molecular weight excluding hydrogens is 341 g/mol. The standard InChI is InChI=1S/C15H17BrFNO3/c1-21-15(20)9-5-7-10(8-6-9)18-14(19)11-3-2-4-12(17)13(11)16/h2-4,9-10H,5-8H2,1H3,(H,18,19). The van der Waals surface area contributed by atoms with Gasteiger partial charge in [0.15, 0.2) is 0 Å². The smallest absolute Gasteiger partial charge is 0.308 e. The molecule has 0 unspecified atom stereocenters. The largest absolute Gasteiger partial charge is 0.469 e. The van der Waals surface area contributed by atoms with Crippen molar-refractivity contribution < 1.29 is 18.7 Å². The first kappa shape index (κ1) is 15.9. The molecule has 1 N–H and O–H groups in total. The number of ether oxygens (including phenoxy) is 1. The van der Waals surface area contributed by atoms with Gasteiger partial charge in [0.05, 0.1) is 23.1 Å². The molecule has 0 spiro atoms. The van der Waals surface area contributed by atoms with Gasteiger partial charge in [-0.15, -0.1) is 0 Å². The van der Waals surface area contributed by atoms with Gasteiger partial charge in [0.1, 0.15) is 5.82 Å². The average Bonchev–Trinajstić information content (AvgIpc) is 2.50. The Hall–Kier alpha value is -1.43. The molecular formula is C15H17BrFNO3. The maximum Gasteiger partial charge on any atom is 0.308 e. The van der Waals surface area contributed by atoms with Crippen LogP contribution in [-0.4, -0.2) is 25.0 Å². The second-order valence-electron chi connectivity index (χ2n) is 5.15. The molecule has 0 saturated heterocycles. The number of amides is 1. The maximum absolute atomic E-state index is 13.4. The summed E-state index contributed by atoms with van der Waals surface area (Å²) < 4.78 is 18.3. The van der Waals surface area contributed by atoms with E-state index in [4.69, 9.17) is 4.74 Å². The van der Waals surface area contributed by atoms with Crippen molar-refractivity contribution >= 4 is 27.8 Å². The van der Waals surface area contributed by atoms with Crippen LogP contribution < -0.4 is 5.32 Å². The van der Waals surface area contributed by atoms with E-state index in [9.17, 15) is 14.0 Å². The number of esters is 1. The Balaban J connectivity index is 1.93. The Bertz CT molecular complexity index is 542. The van der Waals surface area contributed by atoms with E-state index < -0.39 is 5.82 Å². The summed E-state index contributed by atoms with van der Waals surface area (Å²) in [6.07, 6.45) is 2.83. The second-order valence-corrected chi connectivity index (χ2v) is 5.94. The summed E-state index contributed by atoms with van der Waals surface area (Å²) in [5.74, 6) is -1.03. The van der Waals surface area contributed by atoms with Crippen molar-refractivity contribution in [1.29, 1.82) is 0 Å². The second kappa shape index (κ2) is 7.02. The van der Waals surface area contributed by atoms with E-state index >= 15 is 0 Å². The third kappa shape index (κ3) is 3.81. The molecule has 0 aromatic heterocycles. The molecule has 1 amide bonds. The topological polar surface area (TPSA) is 55.4 Å². The van der Waals surface area contributed by atoms with Crippen molar-refractivity contribution in [2.45, 2.75) is 31.7 Å². The van der Waals surface area contributed by atoms with Crippen molar-refractivity contribution in [2.75, 3.05) is 7.11 Å². The summed E-state index contributed by atoms with van der Waals surface area (Å²) in [6, 6.07) is 4.38. The van der Waals surface area contributed by atoms with Crippen LogP contribution in [0.2, 0.25) is 0 Å². The van der Waals surface area contributed by atoms with E-state index in [1.54, 1.807) is 6.07 Å². The minimum absolute atomic E-state index is 0.00794. The van der Waals surface area contributed by atoms with Crippen LogP contribution in [0.25, 0.3) is 0 Å². The van der Waals surface area contributed by atoms with E-state index in [1.165, 1.54) is 19.2 Å². The lowest BCUT2D eigenvalue weighted by Gasteiger charge is -2.27. The molecule has 1 aliphatic rings. The summed E-state index contributed by atoms with van der Waals surface area (Å²) in [7, 11) is 1.39. The molecule has 0 atom stereocenters. The number of rotatable bonds is 3. The molecule has 0 aliphatic heterocycles. The van der Waals surface area contributed by atoms with Gasteiger partial charge in [0.2, 0.25) is 0 Å². The fraction of sp³-hybridized carbons (Fsp3) is 0.467.